The van der Waals surface area contributed by atoms with Gasteiger partial charge in [0.1, 0.15) is 0 Å². The first kappa shape index (κ1) is 14.7. The molecule has 0 N–H and O–H groups in total. The van der Waals surface area contributed by atoms with Crippen LogP contribution in [0, 0.1) is 0 Å². The van der Waals surface area contributed by atoms with Crippen LogP contribution in [0.5, 0.6) is 11.5 Å². The van der Waals surface area contributed by atoms with Gasteiger partial charge in [-0.05, 0) is 37.0 Å². The Bertz CT molecular complexity index is 672. The highest BCUT2D eigenvalue weighted by atomic mass is 32.2. The molecule has 1 saturated heterocycles. The number of sulfonamides is 1. The Labute approximate surface area is 135 Å². The van der Waals surface area contributed by atoms with Crippen molar-refractivity contribution in [2.45, 2.75) is 29.8 Å². The molecule has 0 radical (unpaired) electrons. The van der Waals surface area contributed by atoms with Crippen molar-refractivity contribution in [2.75, 3.05) is 25.6 Å². The van der Waals surface area contributed by atoms with Gasteiger partial charge >= 0.3 is 0 Å². The van der Waals surface area contributed by atoms with Gasteiger partial charge in [0.2, 0.25) is 16.8 Å². The van der Waals surface area contributed by atoms with Gasteiger partial charge in [-0.3, -0.25) is 0 Å². The number of ether oxygens (including phenoxy) is 2. The third-order valence-electron chi connectivity index (χ3n) is 4.37. The van der Waals surface area contributed by atoms with E-state index < -0.39 is 10.0 Å². The molecule has 2 heterocycles. The maximum atomic E-state index is 12.4. The lowest BCUT2D eigenvalue weighted by molar-refractivity contribution is 0.174. The van der Waals surface area contributed by atoms with Crippen LogP contribution in [0.3, 0.4) is 0 Å². The van der Waals surface area contributed by atoms with E-state index in [2.05, 4.69) is 6.07 Å². The Morgan fingerprint density at radius 1 is 1.09 bits per heavy atom. The predicted molar refractivity (Wildman–Crippen MR) is 85.9 cm³/mol. The molecule has 120 valence electrons. The zero-order valence-electron chi connectivity index (χ0n) is 12.2. The molecule has 22 heavy (non-hydrogen) atoms. The first-order valence-corrected chi connectivity index (χ1v) is 10.2. The molecule has 0 amide bonds. The summed E-state index contributed by atoms with van der Waals surface area (Å²) < 4.78 is 37.2. The summed E-state index contributed by atoms with van der Waals surface area (Å²) in [5.74, 6) is 2.43. The lowest BCUT2D eigenvalue weighted by Crippen LogP contribution is -2.35. The summed E-state index contributed by atoms with van der Waals surface area (Å²) in [6, 6.07) is 6.04. The molecule has 1 atom stereocenters. The molecule has 3 aliphatic rings. The monoisotopic (exact) mass is 341 g/mol. The number of hydrogen-bond acceptors (Lipinski definition) is 5. The van der Waals surface area contributed by atoms with Gasteiger partial charge in [-0.15, -0.1) is 0 Å². The van der Waals surface area contributed by atoms with Gasteiger partial charge in [0.15, 0.2) is 11.5 Å². The fraction of sp³-hybridized carbons (Fsp3) is 0.600. The predicted octanol–water partition coefficient (Wildman–Crippen LogP) is 2.39. The highest BCUT2D eigenvalue weighted by Crippen LogP contribution is 2.41. The highest BCUT2D eigenvalue weighted by molar-refractivity contribution is 7.99. The van der Waals surface area contributed by atoms with Gasteiger partial charge in [-0.25, -0.2) is 12.7 Å². The van der Waals surface area contributed by atoms with Crippen LogP contribution in [0.15, 0.2) is 18.2 Å². The van der Waals surface area contributed by atoms with Crippen molar-refractivity contribution < 1.29 is 17.9 Å². The second-order valence-electron chi connectivity index (χ2n) is 5.90. The largest absolute Gasteiger partial charge is 0.454 e. The fourth-order valence-electron chi connectivity index (χ4n) is 2.96. The number of benzene rings is 1. The van der Waals surface area contributed by atoms with Crippen LogP contribution in [-0.4, -0.2) is 43.6 Å². The van der Waals surface area contributed by atoms with E-state index in [0.717, 1.165) is 36.5 Å². The molecule has 0 spiro atoms. The van der Waals surface area contributed by atoms with E-state index in [1.165, 1.54) is 5.56 Å². The van der Waals surface area contributed by atoms with Gasteiger partial charge in [0.05, 0.1) is 5.25 Å². The van der Waals surface area contributed by atoms with E-state index in [1.54, 1.807) is 4.31 Å². The van der Waals surface area contributed by atoms with E-state index in [0.29, 0.717) is 18.3 Å². The minimum atomic E-state index is -3.05. The van der Waals surface area contributed by atoms with E-state index in [1.807, 2.05) is 23.9 Å². The quantitative estimate of drug-likeness (QED) is 0.845. The average Bonchev–Trinajstić information content (AvgIpc) is 3.30. The summed E-state index contributed by atoms with van der Waals surface area (Å²) in [6.45, 7) is 1.53. The summed E-state index contributed by atoms with van der Waals surface area (Å²) in [7, 11) is -3.05. The van der Waals surface area contributed by atoms with Crippen LogP contribution < -0.4 is 9.47 Å². The average molecular weight is 341 g/mol. The molecule has 0 aromatic heterocycles. The zero-order chi connectivity index (χ0) is 15.2. The van der Waals surface area contributed by atoms with Crippen LogP contribution >= 0.6 is 11.8 Å². The molecule has 7 heteroatoms. The Kier molecular flexibility index (Phi) is 3.74. The first-order chi connectivity index (χ1) is 10.6. The molecule has 2 fully saturated rings. The number of hydrogen-bond donors (Lipinski definition) is 0. The van der Waals surface area contributed by atoms with Gasteiger partial charge in [0, 0.05) is 24.1 Å². The topological polar surface area (TPSA) is 55.8 Å². The fourth-order valence-corrected chi connectivity index (χ4v) is 6.16. The standard InChI is InChI=1S/C15H19NO4S2/c17-22(18,12-2-3-12)16-6-5-15(21-8-7-16)11-1-4-13-14(9-11)20-10-19-13/h1,4,9,12,15H,2-3,5-8,10H2. The van der Waals surface area contributed by atoms with Gasteiger partial charge < -0.3 is 9.47 Å². The maximum Gasteiger partial charge on any atom is 0.231 e. The zero-order valence-corrected chi connectivity index (χ0v) is 13.9. The minimum Gasteiger partial charge on any atom is -0.454 e. The Morgan fingerprint density at radius 2 is 1.91 bits per heavy atom. The second kappa shape index (κ2) is 5.62. The molecule has 2 aliphatic heterocycles. The summed E-state index contributed by atoms with van der Waals surface area (Å²) in [5.41, 5.74) is 1.19. The number of rotatable bonds is 3. The lowest BCUT2D eigenvalue weighted by atomic mass is 10.1. The highest BCUT2D eigenvalue weighted by Gasteiger charge is 2.40. The SMILES string of the molecule is O=S(=O)(C1CC1)N1CCSC(c2ccc3c(c2)OCO3)CC1. The van der Waals surface area contributed by atoms with Crippen molar-refractivity contribution in [3.63, 3.8) is 0 Å². The third kappa shape index (κ3) is 2.70. The van der Waals surface area contributed by atoms with Gasteiger partial charge in [0.25, 0.3) is 0 Å². The first-order valence-electron chi connectivity index (χ1n) is 7.65. The molecule has 4 rings (SSSR count). The van der Waals surface area contributed by atoms with E-state index in [-0.39, 0.29) is 12.0 Å². The number of thioether (sulfide) groups is 1. The normalized spacial score (nSPS) is 25.9. The van der Waals surface area contributed by atoms with Crippen LogP contribution in [-0.2, 0) is 10.0 Å². The number of nitrogens with zero attached hydrogens (tertiary/aromatic N) is 1. The summed E-state index contributed by atoms with van der Waals surface area (Å²) in [5, 5.41) is 0.202. The third-order valence-corrected chi connectivity index (χ3v) is 8.10. The maximum absolute atomic E-state index is 12.4. The molecule has 1 aromatic rings. The molecule has 1 unspecified atom stereocenters. The van der Waals surface area contributed by atoms with Crippen LogP contribution in [0.2, 0.25) is 0 Å². The van der Waals surface area contributed by atoms with Gasteiger partial charge in [-0.1, -0.05) is 6.07 Å². The van der Waals surface area contributed by atoms with Crippen LogP contribution in [0.1, 0.15) is 30.1 Å². The molecular formula is C15H19NO4S2. The van der Waals surface area contributed by atoms with E-state index in [4.69, 9.17) is 9.47 Å². The molecule has 1 saturated carbocycles. The van der Waals surface area contributed by atoms with Crippen LogP contribution in [0.4, 0.5) is 0 Å². The van der Waals surface area contributed by atoms with Crippen molar-refractivity contribution >= 4 is 21.8 Å². The molecule has 0 bridgehead atoms. The summed E-state index contributed by atoms with van der Waals surface area (Å²) in [4.78, 5) is 0. The van der Waals surface area contributed by atoms with E-state index >= 15 is 0 Å². The Morgan fingerprint density at radius 3 is 2.73 bits per heavy atom. The molecular weight excluding hydrogens is 322 g/mol. The lowest BCUT2D eigenvalue weighted by Gasteiger charge is -2.19. The molecule has 1 aliphatic carbocycles. The minimum absolute atomic E-state index is 0.111. The Hall–Kier alpha value is -0.920. The van der Waals surface area contributed by atoms with Crippen molar-refractivity contribution in [1.82, 2.24) is 4.31 Å². The van der Waals surface area contributed by atoms with Crippen molar-refractivity contribution in [3.8, 4) is 11.5 Å². The Balaban J connectivity index is 1.48. The molecule has 5 nitrogen and oxygen atoms in total. The summed E-state index contributed by atoms with van der Waals surface area (Å²) >= 11 is 1.83. The van der Waals surface area contributed by atoms with Crippen LogP contribution in [0.25, 0.3) is 0 Å². The van der Waals surface area contributed by atoms with E-state index in [9.17, 15) is 8.42 Å². The smallest absolute Gasteiger partial charge is 0.231 e. The summed E-state index contributed by atoms with van der Waals surface area (Å²) in [6.07, 6.45) is 2.51. The number of fused-ring (bicyclic) bond motifs is 1. The second-order valence-corrected chi connectivity index (χ2v) is 9.43. The van der Waals surface area contributed by atoms with Crippen molar-refractivity contribution in [3.05, 3.63) is 23.8 Å². The van der Waals surface area contributed by atoms with Crippen molar-refractivity contribution in [2.24, 2.45) is 0 Å². The van der Waals surface area contributed by atoms with Crippen molar-refractivity contribution in [1.29, 1.82) is 0 Å². The molecule has 1 aromatic carbocycles. The van der Waals surface area contributed by atoms with Gasteiger partial charge in [-0.2, -0.15) is 11.8 Å².